The average molecular weight is 374 g/mol. The predicted molar refractivity (Wildman–Crippen MR) is 89.1 cm³/mol. The largest absolute Gasteiger partial charge is 0.465 e. The number of piperidine rings is 1. The van der Waals surface area contributed by atoms with Gasteiger partial charge in [0.2, 0.25) is 10.0 Å². The van der Waals surface area contributed by atoms with Crippen molar-refractivity contribution in [3.63, 3.8) is 0 Å². The lowest BCUT2D eigenvalue weighted by Gasteiger charge is -2.31. The van der Waals surface area contributed by atoms with Crippen LogP contribution in [0.15, 0.2) is 23.1 Å². The van der Waals surface area contributed by atoms with Crippen molar-refractivity contribution in [2.24, 2.45) is 5.73 Å². The number of carbonyl (C=O) groups is 1. The maximum Gasteiger partial charge on any atom is 0.339 e. The van der Waals surface area contributed by atoms with E-state index >= 15 is 0 Å². The van der Waals surface area contributed by atoms with Gasteiger partial charge in [-0.1, -0.05) is 0 Å². The van der Waals surface area contributed by atoms with E-state index in [1.54, 1.807) is 0 Å². The van der Waals surface area contributed by atoms with Gasteiger partial charge in [0.15, 0.2) is 0 Å². The summed E-state index contributed by atoms with van der Waals surface area (Å²) in [4.78, 5) is 11.6. The number of sulfonamides is 1. The standard InChI is InChI=1S/C16H23FN2O5S/c1-23-16(20)14-11-12(17)3-4-15(14)25(21,22)19-8-5-13(6-9-19)24-10-2-7-18/h3-4,11,13H,2,5-10,18H2,1H3. The van der Waals surface area contributed by atoms with Gasteiger partial charge in [-0.25, -0.2) is 17.6 Å². The number of nitrogens with two attached hydrogens (primary N) is 1. The highest BCUT2D eigenvalue weighted by Gasteiger charge is 2.33. The van der Waals surface area contributed by atoms with E-state index in [-0.39, 0.29) is 29.7 Å². The summed E-state index contributed by atoms with van der Waals surface area (Å²) in [7, 11) is -2.80. The molecule has 1 heterocycles. The number of hydrogen-bond acceptors (Lipinski definition) is 6. The van der Waals surface area contributed by atoms with Gasteiger partial charge in [0.1, 0.15) is 5.82 Å². The van der Waals surface area contributed by atoms with Crippen LogP contribution in [0.2, 0.25) is 0 Å². The summed E-state index contributed by atoms with van der Waals surface area (Å²) in [6, 6.07) is 2.99. The summed E-state index contributed by atoms with van der Waals surface area (Å²) in [5, 5.41) is 0. The number of methoxy groups -OCH3 is 1. The fourth-order valence-electron chi connectivity index (χ4n) is 2.71. The van der Waals surface area contributed by atoms with Crippen LogP contribution in [0.3, 0.4) is 0 Å². The Morgan fingerprint density at radius 2 is 2.04 bits per heavy atom. The van der Waals surface area contributed by atoms with Crippen molar-refractivity contribution >= 4 is 16.0 Å². The van der Waals surface area contributed by atoms with Crippen LogP contribution >= 0.6 is 0 Å². The summed E-state index contributed by atoms with van der Waals surface area (Å²) in [6.45, 7) is 1.65. The van der Waals surface area contributed by atoms with E-state index in [9.17, 15) is 17.6 Å². The van der Waals surface area contributed by atoms with Crippen LogP contribution in [-0.2, 0) is 19.5 Å². The van der Waals surface area contributed by atoms with Gasteiger partial charge in [-0.05, 0) is 44.0 Å². The lowest BCUT2D eigenvalue weighted by Crippen LogP contribution is -2.41. The highest BCUT2D eigenvalue weighted by molar-refractivity contribution is 7.89. The summed E-state index contributed by atoms with van der Waals surface area (Å²) in [5.41, 5.74) is 5.11. The molecule has 0 bridgehead atoms. The zero-order valence-electron chi connectivity index (χ0n) is 14.1. The number of benzene rings is 1. The van der Waals surface area contributed by atoms with E-state index in [4.69, 9.17) is 10.5 Å². The van der Waals surface area contributed by atoms with Gasteiger partial charge in [-0.3, -0.25) is 0 Å². The Labute approximate surface area is 146 Å². The van der Waals surface area contributed by atoms with Crippen LogP contribution < -0.4 is 5.73 Å². The Morgan fingerprint density at radius 1 is 1.36 bits per heavy atom. The first-order valence-electron chi connectivity index (χ1n) is 8.10. The molecule has 0 atom stereocenters. The summed E-state index contributed by atoms with van der Waals surface area (Å²) in [6.07, 6.45) is 1.86. The molecule has 2 rings (SSSR count). The van der Waals surface area contributed by atoms with Gasteiger partial charge >= 0.3 is 5.97 Å². The fourth-order valence-corrected chi connectivity index (χ4v) is 4.34. The Balaban J connectivity index is 2.14. The number of hydrogen-bond donors (Lipinski definition) is 1. The minimum absolute atomic E-state index is 0.00806. The molecule has 2 N–H and O–H groups in total. The van der Waals surface area contributed by atoms with Crippen LogP contribution in [0.25, 0.3) is 0 Å². The molecule has 1 fully saturated rings. The van der Waals surface area contributed by atoms with E-state index in [1.165, 1.54) is 4.31 Å². The van der Waals surface area contributed by atoms with Crippen LogP contribution in [0.5, 0.6) is 0 Å². The quantitative estimate of drug-likeness (QED) is 0.567. The molecule has 1 aromatic carbocycles. The van der Waals surface area contributed by atoms with E-state index in [1.807, 2.05) is 0 Å². The first-order chi connectivity index (χ1) is 11.9. The maximum absolute atomic E-state index is 13.4. The number of nitrogens with zero attached hydrogens (tertiary/aromatic N) is 1. The number of carbonyl (C=O) groups excluding carboxylic acids is 1. The normalized spacial score (nSPS) is 16.8. The second kappa shape index (κ2) is 8.70. The van der Waals surface area contributed by atoms with Crippen molar-refractivity contribution in [3.05, 3.63) is 29.6 Å². The molecule has 25 heavy (non-hydrogen) atoms. The van der Waals surface area contributed by atoms with E-state index < -0.39 is 21.8 Å². The van der Waals surface area contributed by atoms with Crippen LogP contribution in [-0.4, -0.2) is 58.1 Å². The average Bonchev–Trinajstić information content (AvgIpc) is 2.61. The molecule has 0 amide bonds. The van der Waals surface area contributed by atoms with E-state index in [0.717, 1.165) is 31.7 Å². The fraction of sp³-hybridized carbons (Fsp3) is 0.562. The predicted octanol–water partition coefficient (Wildman–Crippen LogP) is 1.13. The minimum atomic E-state index is -3.92. The molecule has 0 aromatic heterocycles. The third kappa shape index (κ3) is 4.75. The molecule has 9 heteroatoms. The van der Waals surface area contributed by atoms with Crippen molar-refractivity contribution in [2.75, 3.05) is 33.4 Å². The van der Waals surface area contributed by atoms with Crippen molar-refractivity contribution in [2.45, 2.75) is 30.3 Å². The van der Waals surface area contributed by atoms with Crippen LogP contribution in [0.4, 0.5) is 4.39 Å². The summed E-state index contributed by atoms with van der Waals surface area (Å²) in [5.74, 6) is -1.59. The molecule has 1 aromatic rings. The number of rotatable bonds is 7. The zero-order chi connectivity index (χ0) is 18.4. The second-order valence-corrected chi connectivity index (χ2v) is 7.65. The third-order valence-electron chi connectivity index (χ3n) is 4.07. The minimum Gasteiger partial charge on any atom is -0.465 e. The molecule has 7 nitrogen and oxygen atoms in total. The second-order valence-electron chi connectivity index (χ2n) is 5.75. The topological polar surface area (TPSA) is 98.9 Å². The Hall–Kier alpha value is -1.55. The molecule has 0 unspecified atom stereocenters. The molecule has 1 aliphatic heterocycles. The van der Waals surface area contributed by atoms with Crippen LogP contribution in [0.1, 0.15) is 29.6 Å². The van der Waals surface area contributed by atoms with Gasteiger partial charge < -0.3 is 15.2 Å². The highest BCUT2D eigenvalue weighted by Crippen LogP contribution is 2.25. The Kier molecular flexibility index (Phi) is 6.88. The first-order valence-corrected chi connectivity index (χ1v) is 9.54. The lowest BCUT2D eigenvalue weighted by molar-refractivity contribution is 0.0208. The van der Waals surface area contributed by atoms with Gasteiger partial charge in [-0.2, -0.15) is 4.31 Å². The van der Waals surface area contributed by atoms with Crippen molar-refractivity contribution in [3.8, 4) is 0 Å². The lowest BCUT2D eigenvalue weighted by atomic mass is 10.1. The van der Waals surface area contributed by atoms with Crippen molar-refractivity contribution < 1.29 is 27.1 Å². The Morgan fingerprint density at radius 3 is 2.64 bits per heavy atom. The summed E-state index contributed by atoms with van der Waals surface area (Å²) >= 11 is 0. The molecule has 1 aliphatic rings. The van der Waals surface area contributed by atoms with E-state index in [2.05, 4.69) is 4.74 Å². The van der Waals surface area contributed by atoms with Gasteiger partial charge in [0.05, 0.1) is 23.7 Å². The summed E-state index contributed by atoms with van der Waals surface area (Å²) < 4.78 is 50.6. The maximum atomic E-state index is 13.4. The van der Waals surface area contributed by atoms with Crippen LogP contribution in [0, 0.1) is 5.82 Å². The molecule has 0 spiro atoms. The van der Waals surface area contributed by atoms with E-state index in [0.29, 0.717) is 26.0 Å². The number of ether oxygens (including phenoxy) is 2. The molecule has 140 valence electrons. The molecule has 0 saturated carbocycles. The molecule has 1 saturated heterocycles. The molecular formula is C16H23FN2O5S. The number of halogens is 1. The van der Waals surface area contributed by atoms with Gasteiger partial charge in [0.25, 0.3) is 0 Å². The molecule has 0 radical (unpaired) electrons. The smallest absolute Gasteiger partial charge is 0.339 e. The molecule has 0 aliphatic carbocycles. The third-order valence-corrected chi connectivity index (χ3v) is 6.02. The number of esters is 1. The highest BCUT2D eigenvalue weighted by atomic mass is 32.2. The first kappa shape index (κ1) is 19.8. The monoisotopic (exact) mass is 374 g/mol. The zero-order valence-corrected chi connectivity index (χ0v) is 14.9. The van der Waals surface area contributed by atoms with Gasteiger partial charge in [-0.15, -0.1) is 0 Å². The Bertz CT molecular complexity index is 702. The van der Waals surface area contributed by atoms with Gasteiger partial charge in [0, 0.05) is 19.7 Å². The SMILES string of the molecule is COC(=O)c1cc(F)ccc1S(=O)(=O)N1CCC(OCCCN)CC1. The molecular weight excluding hydrogens is 351 g/mol. The van der Waals surface area contributed by atoms with Crippen molar-refractivity contribution in [1.29, 1.82) is 0 Å². The van der Waals surface area contributed by atoms with Crippen molar-refractivity contribution in [1.82, 2.24) is 4.31 Å².